The van der Waals surface area contributed by atoms with E-state index in [0.717, 1.165) is 25.7 Å². The van der Waals surface area contributed by atoms with Crippen LogP contribution < -0.4 is 9.47 Å². The van der Waals surface area contributed by atoms with Crippen LogP contribution in [0.5, 0.6) is 11.5 Å². The quantitative estimate of drug-likeness (QED) is 0.389. The summed E-state index contributed by atoms with van der Waals surface area (Å²) in [4.78, 5) is 11.3. The van der Waals surface area contributed by atoms with E-state index in [2.05, 4.69) is 13.8 Å². The van der Waals surface area contributed by atoms with E-state index in [4.69, 9.17) is 9.47 Å². The van der Waals surface area contributed by atoms with Crippen molar-refractivity contribution >= 4 is 5.97 Å². The fourth-order valence-corrected chi connectivity index (χ4v) is 2.65. The lowest BCUT2D eigenvalue weighted by molar-refractivity contribution is 0.0695. The lowest BCUT2D eigenvalue weighted by Crippen LogP contribution is -2.03. The van der Waals surface area contributed by atoms with Crippen LogP contribution in [0.1, 0.15) is 88.4 Å². The van der Waals surface area contributed by atoms with Gasteiger partial charge in [-0.05, 0) is 25.0 Å². The average Bonchev–Trinajstić information content (AvgIpc) is 2.61. The van der Waals surface area contributed by atoms with Crippen molar-refractivity contribution in [3.05, 3.63) is 23.8 Å². The Bertz CT molecular complexity index is 451. The van der Waals surface area contributed by atoms with Gasteiger partial charge in [-0.25, -0.2) is 4.79 Å². The predicted octanol–water partition coefficient (Wildman–Crippen LogP) is 6.08. The molecule has 1 aromatic carbocycles. The van der Waals surface area contributed by atoms with E-state index in [-0.39, 0.29) is 5.56 Å². The van der Waals surface area contributed by atoms with E-state index >= 15 is 0 Å². The van der Waals surface area contributed by atoms with Crippen LogP contribution >= 0.6 is 0 Å². The van der Waals surface area contributed by atoms with E-state index in [1.54, 1.807) is 18.2 Å². The molecule has 0 fully saturated rings. The predicted molar refractivity (Wildman–Crippen MR) is 102 cm³/mol. The van der Waals surface area contributed by atoms with Crippen molar-refractivity contribution < 1.29 is 19.4 Å². The fourth-order valence-electron chi connectivity index (χ4n) is 2.65. The van der Waals surface area contributed by atoms with Gasteiger partial charge in [-0.2, -0.15) is 0 Å². The van der Waals surface area contributed by atoms with Crippen molar-refractivity contribution in [1.82, 2.24) is 0 Å². The Kier molecular flexibility index (Phi) is 11.6. The Morgan fingerprint density at radius 1 is 0.760 bits per heavy atom. The van der Waals surface area contributed by atoms with Gasteiger partial charge in [0.05, 0.1) is 18.8 Å². The largest absolute Gasteiger partial charge is 0.493 e. The number of ether oxygens (including phenoxy) is 2. The van der Waals surface area contributed by atoms with Crippen LogP contribution in [0.2, 0.25) is 0 Å². The van der Waals surface area contributed by atoms with Crippen LogP contribution in [0, 0.1) is 0 Å². The molecule has 0 aliphatic rings. The van der Waals surface area contributed by atoms with Crippen LogP contribution in [-0.4, -0.2) is 24.3 Å². The van der Waals surface area contributed by atoms with E-state index in [9.17, 15) is 9.90 Å². The first-order valence-electron chi connectivity index (χ1n) is 9.81. The Morgan fingerprint density at radius 3 is 1.60 bits per heavy atom. The van der Waals surface area contributed by atoms with Crippen molar-refractivity contribution in [2.75, 3.05) is 13.2 Å². The number of carbonyl (C=O) groups is 1. The summed E-state index contributed by atoms with van der Waals surface area (Å²) in [6, 6.07) is 4.94. The van der Waals surface area contributed by atoms with Crippen molar-refractivity contribution in [2.45, 2.75) is 78.1 Å². The summed E-state index contributed by atoms with van der Waals surface area (Å²) in [5.74, 6) is 0.203. The molecule has 4 heteroatoms. The number of hydrogen-bond acceptors (Lipinski definition) is 3. The molecule has 0 amide bonds. The Hall–Kier alpha value is -1.71. The minimum absolute atomic E-state index is 0.212. The zero-order valence-electron chi connectivity index (χ0n) is 15.9. The zero-order valence-corrected chi connectivity index (χ0v) is 15.9. The molecule has 0 radical (unpaired) electrons. The number of rotatable bonds is 15. The molecule has 1 rings (SSSR count). The zero-order chi connectivity index (χ0) is 18.3. The maximum absolute atomic E-state index is 11.3. The SMILES string of the molecule is CCCCCCCOc1cc(OCCCCCCC)cc(C(=O)O)c1. The summed E-state index contributed by atoms with van der Waals surface area (Å²) in [7, 11) is 0. The summed E-state index contributed by atoms with van der Waals surface area (Å²) in [6.07, 6.45) is 11.7. The molecule has 4 nitrogen and oxygen atoms in total. The molecule has 0 aliphatic carbocycles. The van der Waals surface area contributed by atoms with Crippen LogP contribution in [0.15, 0.2) is 18.2 Å². The first kappa shape index (κ1) is 21.3. The number of carboxylic acid groups (broad SMARTS) is 1. The molecule has 0 saturated heterocycles. The molecule has 25 heavy (non-hydrogen) atoms. The second kappa shape index (κ2) is 13.6. The van der Waals surface area contributed by atoms with Gasteiger partial charge < -0.3 is 14.6 Å². The third-order valence-electron chi connectivity index (χ3n) is 4.16. The van der Waals surface area contributed by atoms with Gasteiger partial charge in [0.2, 0.25) is 0 Å². The second-order valence-corrected chi connectivity index (χ2v) is 6.52. The lowest BCUT2D eigenvalue weighted by Gasteiger charge is -2.11. The Balaban J connectivity index is 2.45. The lowest BCUT2D eigenvalue weighted by atomic mass is 10.1. The number of unbranched alkanes of at least 4 members (excludes halogenated alkanes) is 8. The average molecular weight is 350 g/mol. The van der Waals surface area contributed by atoms with Crippen LogP contribution in [0.25, 0.3) is 0 Å². The first-order valence-corrected chi connectivity index (χ1v) is 9.81. The van der Waals surface area contributed by atoms with Gasteiger partial charge in [-0.1, -0.05) is 65.2 Å². The van der Waals surface area contributed by atoms with Crippen LogP contribution in [0.4, 0.5) is 0 Å². The molecule has 0 aromatic heterocycles. The molecule has 142 valence electrons. The summed E-state index contributed by atoms with van der Waals surface area (Å²) < 4.78 is 11.5. The van der Waals surface area contributed by atoms with Gasteiger partial charge in [0.25, 0.3) is 0 Å². The van der Waals surface area contributed by atoms with Crippen molar-refractivity contribution in [2.24, 2.45) is 0 Å². The topological polar surface area (TPSA) is 55.8 Å². The molecular weight excluding hydrogens is 316 g/mol. The normalized spacial score (nSPS) is 10.6. The standard InChI is InChI=1S/C21H34O4/c1-3-5-7-9-11-13-24-19-15-18(21(22)23)16-20(17-19)25-14-12-10-8-6-4-2/h15-17H,3-14H2,1-2H3,(H,22,23). The summed E-state index contributed by atoms with van der Waals surface area (Å²) in [5, 5.41) is 9.26. The van der Waals surface area contributed by atoms with Gasteiger partial charge in [0.1, 0.15) is 11.5 Å². The Labute approximate surface area is 152 Å². The third-order valence-corrected chi connectivity index (χ3v) is 4.16. The highest BCUT2D eigenvalue weighted by atomic mass is 16.5. The number of benzene rings is 1. The molecule has 0 bridgehead atoms. The van der Waals surface area contributed by atoms with Crippen molar-refractivity contribution in [3.8, 4) is 11.5 Å². The first-order chi connectivity index (χ1) is 12.2. The second-order valence-electron chi connectivity index (χ2n) is 6.52. The molecule has 1 N–H and O–H groups in total. The van der Waals surface area contributed by atoms with Crippen LogP contribution in [0.3, 0.4) is 0 Å². The summed E-state index contributed by atoms with van der Waals surface area (Å²) >= 11 is 0. The number of hydrogen-bond donors (Lipinski definition) is 1. The smallest absolute Gasteiger partial charge is 0.335 e. The summed E-state index contributed by atoms with van der Waals surface area (Å²) in [5.41, 5.74) is 0.212. The van der Waals surface area contributed by atoms with E-state index in [1.165, 1.54) is 38.5 Å². The van der Waals surface area contributed by atoms with Crippen molar-refractivity contribution in [1.29, 1.82) is 0 Å². The van der Waals surface area contributed by atoms with Crippen molar-refractivity contribution in [3.63, 3.8) is 0 Å². The number of carboxylic acids is 1. The van der Waals surface area contributed by atoms with E-state index < -0.39 is 5.97 Å². The van der Waals surface area contributed by atoms with Gasteiger partial charge in [-0.3, -0.25) is 0 Å². The highest BCUT2D eigenvalue weighted by molar-refractivity contribution is 5.88. The maximum Gasteiger partial charge on any atom is 0.335 e. The Morgan fingerprint density at radius 2 is 1.20 bits per heavy atom. The fraction of sp³-hybridized carbons (Fsp3) is 0.667. The minimum Gasteiger partial charge on any atom is -0.493 e. The monoisotopic (exact) mass is 350 g/mol. The minimum atomic E-state index is -0.957. The molecule has 1 aromatic rings. The molecule has 0 heterocycles. The molecule has 0 atom stereocenters. The highest BCUT2D eigenvalue weighted by Crippen LogP contribution is 2.24. The van der Waals surface area contributed by atoms with Gasteiger partial charge in [0, 0.05) is 6.07 Å². The molecule has 0 spiro atoms. The van der Waals surface area contributed by atoms with E-state index in [1.807, 2.05) is 0 Å². The molecule has 0 aliphatic heterocycles. The highest BCUT2D eigenvalue weighted by Gasteiger charge is 2.09. The maximum atomic E-state index is 11.3. The number of aromatic carboxylic acids is 1. The van der Waals surface area contributed by atoms with Gasteiger partial charge in [0.15, 0.2) is 0 Å². The third kappa shape index (κ3) is 10.0. The van der Waals surface area contributed by atoms with Crippen LogP contribution in [-0.2, 0) is 0 Å². The van der Waals surface area contributed by atoms with Gasteiger partial charge in [-0.15, -0.1) is 0 Å². The summed E-state index contributed by atoms with van der Waals surface area (Å²) in [6.45, 7) is 5.62. The molecule has 0 unspecified atom stereocenters. The van der Waals surface area contributed by atoms with Gasteiger partial charge >= 0.3 is 5.97 Å². The molecular formula is C21H34O4. The van der Waals surface area contributed by atoms with E-state index in [0.29, 0.717) is 24.7 Å². The molecule has 0 saturated carbocycles.